The number of rotatable bonds is 8. The van der Waals surface area contributed by atoms with Crippen molar-refractivity contribution in [2.75, 3.05) is 4.90 Å². The number of fused-ring (bicyclic) bond motifs is 7. The highest BCUT2D eigenvalue weighted by molar-refractivity contribution is 6.12. The van der Waals surface area contributed by atoms with Gasteiger partial charge in [0.05, 0.1) is 11.1 Å². The quantitative estimate of drug-likeness (QED) is 0.142. The zero-order chi connectivity index (χ0) is 37.5. The smallest absolute Gasteiger partial charge is 0.0731 e. The Hall–Kier alpha value is -7.22. The molecule has 10 rings (SSSR count). The maximum atomic E-state index is 4.10. The highest BCUT2D eigenvalue weighted by Crippen LogP contribution is 2.65. The van der Waals surface area contributed by atoms with Crippen LogP contribution in [-0.4, -0.2) is 0 Å². The van der Waals surface area contributed by atoms with Gasteiger partial charge in [-0.15, -0.1) is 0 Å². The minimum Gasteiger partial charge on any atom is -0.310 e. The van der Waals surface area contributed by atoms with Gasteiger partial charge in [0.25, 0.3) is 0 Å². The summed E-state index contributed by atoms with van der Waals surface area (Å²) in [5.41, 5.74) is 18.9. The van der Waals surface area contributed by atoms with E-state index in [1.54, 1.807) is 0 Å². The first kappa shape index (κ1) is 33.4. The molecular formula is C55H39N. The number of para-hydroxylation sites is 1. The van der Waals surface area contributed by atoms with Gasteiger partial charge in [0.1, 0.15) is 0 Å². The van der Waals surface area contributed by atoms with Crippen LogP contribution in [0.15, 0.2) is 231 Å². The molecule has 0 radical (unpaired) electrons. The maximum Gasteiger partial charge on any atom is 0.0731 e. The molecule has 0 atom stereocenters. The number of hydrogen-bond acceptors (Lipinski definition) is 1. The standard InChI is InChI=1S/C55H39N/c1-2-3-25-49-48-28-15-18-31-52(48)55(50-29-16-13-26-46(50)47-27-14-17-30-51(47)55)54(49)42-34-37-45(41-21-9-5-10-22-41)53(38-42)56(43-23-11-6-12-24-43)44-35-32-40(33-36-44)39-19-7-4-8-20-39/h2-38H,1H2/b25-3-. The van der Waals surface area contributed by atoms with Crippen LogP contribution in [-0.2, 0) is 5.41 Å². The van der Waals surface area contributed by atoms with Crippen LogP contribution in [0.5, 0.6) is 0 Å². The van der Waals surface area contributed by atoms with Crippen LogP contribution in [0.4, 0.5) is 17.1 Å². The molecule has 2 aliphatic carbocycles. The van der Waals surface area contributed by atoms with Gasteiger partial charge in [-0.25, -0.2) is 0 Å². The van der Waals surface area contributed by atoms with E-state index < -0.39 is 5.41 Å². The van der Waals surface area contributed by atoms with E-state index >= 15 is 0 Å². The molecule has 1 spiro atoms. The summed E-state index contributed by atoms with van der Waals surface area (Å²) in [6.45, 7) is 4.10. The Bertz CT molecular complexity index is 2750. The van der Waals surface area contributed by atoms with Gasteiger partial charge in [-0.3, -0.25) is 0 Å². The van der Waals surface area contributed by atoms with Crippen molar-refractivity contribution < 1.29 is 0 Å². The molecule has 2 aliphatic rings. The lowest BCUT2D eigenvalue weighted by atomic mass is 9.67. The number of nitrogens with zero attached hydrogens (tertiary/aromatic N) is 1. The fourth-order valence-electron chi connectivity index (χ4n) is 9.19. The van der Waals surface area contributed by atoms with Crippen molar-refractivity contribution in [1.82, 2.24) is 0 Å². The zero-order valence-electron chi connectivity index (χ0n) is 31.0. The zero-order valence-corrected chi connectivity index (χ0v) is 31.0. The largest absolute Gasteiger partial charge is 0.310 e. The highest BCUT2D eigenvalue weighted by atomic mass is 15.1. The third kappa shape index (κ3) is 5.24. The monoisotopic (exact) mass is 713 g/mol. The van der Waals surface area contributed by atoms with E-state index in [0.29, 0.717) is 0 Å². The Morgan fingerprint density at radius 2 is 0.857 bits per heavy atom. The van der Waals surface area contributed by atoms with E-state index in [-0.39, 0.29) is 0 Å². The average Bonchev–Trinajstić information content (AvgIpc) is 3.74. The molecule has 264 valence electrons. The molecule has 1 heteroatoms. The second kappa shape index (κ2) is 13.9. The van der Waals surface area contributed by atoms with Crippen molar-refractivity contribution in [3.05, 3.63) is 259 Å². The molecule has 0 unspecified atom stereocenters. The molecule has 1 nitrogen and oxygen atoms in total. The van der Waals surface area contributed by atoms with Crippen LogP contribution >= 0.6 is 0 Å². The third-order valence-corrected chi connectivity index (χ3v) is 11.5. The van der Waals surface area contributed by atoms with Gasteiger partial charge in [-0.2, -0.15) is 0 Å². The second-order valence-electron chi connectivity index (χ2n) is 14.5. The van der Waals surface area contributed by atoms with Crippen LogP contribution in [0, 0.1) is 0 Å². The average molecular weight is 714 g/mol. The molecule has 0 aliphatic heterocycles. The summed E-state index contributed by atoms with van der Waals surface area (Å²) in [5.74, 6) is 0. The van der Waals surface area contributed by atoms with E-state index in [2.05, 4.69) is 230 Å². The maximum absolute atomic E-state index is 4.10. The Morgan fingerprint density at radius 1 is 0.393 bits per heavy atom. The van der Waals surface area contributed by atoms with Crippen molar-refractivity contribution in [3.63, 3.8) is 0 Å². The Kier molecular flexibility index (Phi) is 8.27. The minimum absolute atomic E-state index is 0.523. The van der Waals surface area contributed by atoms with Crippen molar-refractivity contribution in [2.24, 2.45) is 0 Å². The van der Waals surface area contributed by atoms with Crippen LogP contribution in [0.1, 0.15) is 27.8 Å². The van der Waals surface area contributed by atoms with Crippen molar-refractivity contribution >= 4 is 28.2 Å². The first-order valence-electron chi connectivity index (χ1n) is 19.3. The van der Waals surface area contributed by atoms with Gasteiger partial charge >= 0.3 is 0 Å². The number of allylic oxidation sites excluding steroid dienone is 5. The first-order valence-corrected chi connectivity index (χ1v) is 19.3. The van der Waals surface area contributed by atoms with Crippen molar-refractivity contribution in [3.8, 4) is 33.4 Å². The Labute approximate surface area is 329 Å². The molecule has 0 aromatic heterocycles. The molecule has 8 aromatic carbocycles. The predicted octanol–water partition coefficient (Wildman–Crippen LogP) is 14.5. The molecule has 8 aromatic rings. The predicted molar refractivity (Wildman–Crippen MR) is 236 cm³/mol. The van der Waals surface area contributed by atoms with Gasteiger partial charge in [0, 0.05) is 16.9 Å². The molecule has 0 fully saturated rings. The Morgan fingerprint density at radius 3 is 1.46 bits per heavy atom. The minimum atomic E-state index is -0.523. The SMILES string of the molecule is C=C/C=C\C1=C(c2ccc(-c3ccccc3)c(N(c3ccccc3)c3ccc(-c4ccccc4)cc3)c2)C2(c3ccccc31)c1ccccc1-c1ccccc12. The first-order chi connectivity index (χ1) is 27.8. The van der Waals surface area contributed by atoms with E-state index in [1.807, 2.05) is 6.08 Å². The van der Waals surface area contributed by atoms with Crippen LogP contribution in [0.25, 0.3) is 44.5 Å². The van der Waals surface area contributed by atoms with Gasteiger partial charge < -0.3 is 4.90 Å². The lowest BCUT2D eigenvalue weighted by Gasteiger charge is -2.34. The lowest BCUT2D eigenvalue weighted by Crippen LogP contribution is -2.26. The summed E-state index contributed by atoms with van der Waals surface area (Å²) >= 11 is 0. The van der Waals surface area contributed by atoms with Gasteiger partial charge in [0.15, 0.2) is 0 Å². The van der Waals surface area contributed by atoms with E-state index in [1.165, 1.54) is 61.2 Å². The van der Waals surface area contributed by atoms with Crippen LogP contribution in [0.2, 0.25) is 0 Å². The fourth-order valence-corrected chi connectivity index (χ4v) is 9.19. The normalized spacial score (nSPS) is 13.4. The third-order valence-electron chi connectivity index (χ3n) is 11.5. The summed E-state index contributed by atoms with van der Waals surface area (Å²) < 4.78 is 0. The number of anilines is 3. The number of benzene rings is 8. The van der Waals surface area contributed by atoms with E-state index in [4.69, 9.17) is 0 Å². The Balaban J connectivity index is 1.28. The summed E-state index contributed by atoms with van der Waals surface area (Å²) in [7, 11) is 0. The van der Waals surface area contributed by atoms with Crippen LogP contribution < -0.4 is 4.90 Å². The summed E-state index contributed by atoms with van der Waals surface area (Å²) in [5, 5.41) is 0. The summed E-state index contributed by atoms with van der Waals surface area (Å²) in [6, 6.07) is 75.3. The van der Waals surface area contributed by atoms with Crippen LogP contribution in [0.3, 0.4) is 0 Å². The van der Waals surface area contributed by atoms with Gasteiger partial charge in [-0.05, 0) is 97.1 Å². The molecule has 56 heavy (non-hydrogen) atoms. The molecule has 0 heterocycles. The molecule has 0 N–H and O–H groups in total. The van der Waals surface area contributed by atoms with Crippen molar-refractivity contribution in [1.29, 1.82) is 0 Å². The lowest BCUT2D eigenvalue weighted by molar-refractivity contribution is 0.842. The summed E-state index contributed by atoms with van der Waals surface area (Å²) in [6.07, 6.45) is 6.23. The molecular weight excluding hydrogens is 675 g/mol. The summed E-state index contributed by atoms with van der Waals surface area (Å²) in [4.78, 5) is 2.42. The highest BCUT2D eigenvalue weighted by Gasteiger charge is 2.52. The molecule has 0 amide bonds. The molecule has 0 saturated heterocycles. The van der Waals surface area contributed by atoms with Crippen molar-refractivity contribution in [2.45, 2.75) is 5.41 Å². The topological polar surface area (TPSA) is 3.24 Å². The fraction of sp³-hybridized carbons (Fsp3) is 0.0182. The molecule has 0 saturated carbocycles. The van der Waals surface area contributed by atoms with E-state index in [0.717, 1.165) is 28.2 Å². The van der Waals surface area contributed by atoms with E-state index in [9.17, 15) is 0 Å². The number of hydrogen-bond donors (Lipinski definition) is 0. The van der Waals surface area contributed by atoms with Gasteiger partial charge in [-0.1, -0.05) is 201 Å². The van der Waals surface area contributed by atoms with Gasteiger partial charge in [0.2, 0.25) is 0 Å². The second-order valence-corrected chi connectivity index (χ2v) is 14.5. The molecule has 0 bridgehead atoms.